The van der Waals surface area contributed by atoms with Gasteiger partial charge in [-0.25, -0.2) is 4.79 Å². The number of hydrogen-bond acceptors (Lipinski definition) is 10. The summed E-state index contributed by atoms with van der Waals surface area (Å²) in [4.78, 5) is 57.5. The molecule has 4 rings (SSSR count). The van der Waals surface area contributed by atoms with Crippen LogP contribution in [-0.4, -0.2) is 64.0 Å². The summed E-state index contributed by atoms with van der Waals surface area (Å²) in [5.74, 6) is -1.95. The van der Waals surface area contributed by atoms with Crippen molar-refractivity contribution in [2.75, 3.05) is 6.61 Å². The van der Waals surface area contributed by atoms with Crippen LogP contribution in [0.1, 0.15) is 208 Å². The van der Waals surface area contributed by atoms with Gasteiger partial charge in [-0.15, -0.1) is 0 Å². The predicted octanol–water partition coefficient (Wildman–Crippen LogP) is 11.7. The molecule has 3 aliphatic carbocycles. The van der Waals surface area contributed by atoms with E-state index in [9.17, 15) is 19.5 Å². The van der Waals surface area contributed by atoms with Crippen molar-refractivity contribution in [1.29, 1.82) is 0 Å². The summed E-state index contributed by atoms with van der Waals surface area (Å²) < 4.78 is 24.8. The van der Waals surface area contributed by atoms with Gasteiger partial charge in [-0.2, -0.15) is 0 Å². The predicted molar refractivity (Wildman–Crippen MR) is 258 cm³/mol. The highest BCUT2D eigenvalue weighted by Gasteiger charge is 2.58. The minimum Gasteiger partial charge on any atom is -0.463 e. The van der Waals surface area contributed by atoms with Crippen molar-refractivity contribution >= 4 is 23.9 Å². The van der Waals surface area contributed by atoms with Gasteiger partial charge < -0.3 is 29.8 Å². The van der Waals surface area contributed by atoms with E-state index in [1.165, 1.54) is 6.42 Å². The second-order valence-corrected chi connectivity index (χ2v) is 26.8. The zero-order valence-electron chi connectivity index (χ0n) is 44.5. The fourth-order valence-corrected chi connectivity index (χ4v) is 12.5. The van der Waals surface area contributed by atoms with Gasteiger partial charge in [-0.05, 0) is 129 Å². The summed E-state index contributed by atoms with van der Waals surface area (Å²) >= 11 is 0. The molecule has 1 aliphatic heterocycles. The van der Waals surface area contributed by atoms with Crippen LogP contribution in [-0.2, 0) is 38.1 Å². The Balaban J connectivity index is 1.74. The topological polar surface area (TPSA) is 151 Å². The molecule has 12 unspecified atom stereocenters. The third kappa shape index (κ3) is 12.2. The lowest BCUT2D eigenvalue weighted by Crippen LogP contribution is -2.61. The molecule has 0 aromatic carbocycles. The summed E-state index contributed by atoms with van der Waals surface area (Å²) in [5, 5.41) is 11.2. The zero-order chi connectivity index (χ0) is 49.7. The molecular formula is C55H95NO9. The first-order valence-electron chi connectivity index (χ1n) is 25.4. The SMILES string of the molecule is C=C1CC(C)(O)CC(CC)(OC(=O)C(CC(C)(C)C(C)(C)C(CC(C)(N)C(C)(C)C(CC(C)(C)C)C(=O)OC2(C)C(C)CC3CC(CC)CC2C3)C(=O)OC2CCOC2=O)C(C)(C)C)C1. The molecule has 12 atom stereocenters. The lowest BCUT2D eigenvalue weighted by molar-refractivity contribution is -0.197. The molecule has 0 aromatic rings. The van der Waals surface area contributed by atoms with Crippen LogP contribution in [0, 0.1) is 68.5 Å². The smallest absolute Gasteiger partial charge is 0.347 e. The van der Waals surface area contributed by atoms with Gasteiger partial charge in [0.05, 0.1) is 30.0 Å². The van der Waals surface area contributed by atoms with Gasteiger partial charge in [0, 0.05) is 24.8 Å². The largest absolute Gasteiger partial charge is 0.463 e. The number of aliphatic hydroxyl groups is 1. The van der Waals surface area contributed by atoms with E-state index in [4.69, 9.17) is 24.7 Å². The van der Waals surface area contributed by atoms with Gasteiger partial charge in [0.1, 0.15) is 11.2 Å². The maximum absolute atomic E-state index is 15.1. The Kier molecular flexibility index (Phi) is 16.2. The van der Waals surface area contributed by atoms with Gasteiger partial charge in [0.2, 0.25) is 6.10 Å². The Morgan fingerprint density at radius 3 is 1.89 bits per heavy atom. The molecule has 0 spiro atoms. The summed E-state index contributed by atoms with van der Waals surface area (Å²) in [7, 11) is 0. The molecule has 374 valence electrons. The lowest BCUT2D eigenvalue weighted by Gasteiger charge is -2.55. The molecule has 65 heavy (non-hydrogen) atoms. The van der Waals surface area contributed by atoms with E-state index in [0.717, 1.165) is 31.3 Å². The second-order valence-electron chi connectivity index (χ2n) is 26.8. The van der Waals surface area contributed by atoms with Crippen LogP contribution < -0.4 is 5.73 Å². The van der Waals surface area contributed by atoms with Crippen LogP contribution in [0.3, 0.4) is 0 Å². The number of ether oxygens (including phenoxy) is 4. The van der Waals surface area contributed by atoms with Crippen molar-refractivity contribution in [2.45, 2.75) is 237 Å². The van der Waals surface area contributed by atoms with E-state index < -0.39 is 79.8 Å². The van der Waals surface area contributed by atoms with E-state index in [1.54, 1.807) is 6.92 Å². The quantitative estimate of drug-likeness (QED) is 0.0819. The molecule has 1 heterocycles. The minimum absolute atomic E-state index is 0.127. The van der Waals surface area contributed by atoms with Gasteiger partial charge in [-0.3, -0.25) is 14.4 Å². The third-order valence-electron chi connectivity index (χ3n) is 18.3. The van der Waals surface area contributed by atoms with Crippen molar-refractivity contribution < 1.29 is 43.2 Å². The number of fused-ring (bicyclic) bond motifs is 2. The summed E-state index contributed by atoms with van der Waals surface area (Å²) in [6, 6.07) is 0. The normalized spacial score (nSPS) is 32.7. The number of cyclic esters (lactones) is 1. The number of esters is 4. The van der Waals surface area contributed by atoms with E-state index in [0.29, 0.717) is 56.3 Å². The Bertz CT molecular complexity index is 1740. The molecule has 0 aromatic heterocycles. The highest BCUT2D eigenvalue weighted by molar-refractivity contribution is 5.82. The molecule has 3 N–H and O–H groups in total. The molecule has 10 nitrogen and oxygen atoms in total. The molecule has 1 saturated heterocycles. The highest BCUT2D eigenvalue weighted by Crippen LogP contribution is 2.57. The Morgan fingerprint density at radius 2 is 1.38 bits per heavy atom. The Morgan fingerprint density at radius 1 is 0.800 bits per heavy atom. The van der Waals surface area contributed by atoms with Crippen LogP contribution in [0.4, 0.5) is 0 Å². The molecule has 0 amide bonds. The van der Waals surface area contributed by atoms with Gasteiger partial charge in [0.15, 0.2) is 0 Å². The number of rotatable bonds is 17. The Labute approximate surface area is 395 Å². The monoisotopic (exact) mass is 914 g/mol. The number of carbonyl (C=O) groups is 4. The van der Waals surface area contributed by atoms with E-state index in [-0.39, 0.29) is 42.7 Å². The first-order chi connectivity index (χ1) is 29.4. The van der Waals surface area contributed by atoms with Crippen LogP contribution in [0.5, 0.6) is 0 Å². The second kappa shape index (κ2) is 19.1. The summed E-state index contributed by atoms with van der Waals surface area (Å²) in [6.07, 6.45) is 7.63. The van der Waals surface area contributed by atoms with Crippen LogP contribution >= 0.6 is 0 Å². The zero-order valence-corrected chi connectivity index (χ0v) is 44.5. The van der Waals surface area contributed by atoms with Crippen molar-refractivity contribution in [3.05, 3.63) is 12.2 Å². The molecule has 10 heteroatoms. The fourth-order valence-electron chi connectivity index (χ4n) is 12.5. The van der Waals surface area contributed by atoms with Crippen molar-refractivity contribution in [1.82, 2.24) is 0 Å². The van der Waals surface area contributed by atoms with Crippen LogP contribution in [0.2, 0.25) is 0 Å². The fraction of sp³-hybridized carbons (Fsp3) is 0.891. The van der Waals surface area contributed by atoms with E-state index >= 15 is 4.79 Å². The maximum atomic E-state index is 15.1. The average Bonchev–Trinajstić information content (AvgIpc) is 3.55. The standard InChI is InChI=1S/C55H95NO9/c1-20-36-25-37-24-35(4)54(19,38(26-36)27-37)64-45(59)40(30-47(5,6)7)51(15,16)53(18,56)32-41(43(57)63-42-22-23-62-46(42)60)50(13,14)49(11,12)31-39(48(8,9)10)44(58)65-55(21-2)29-34(3)28-52(17,61)33-55/h35-42,61H,3,20-33,56H2,1-2,4-19H3. The molecule has 3 saturated carbocycles. The van der Waals surface area contributed by atoms with Crippen molar-refractivity contribution in [3.8, 4) is 0 Å². The molecular weight excluding hydrogens is 819 g/mol. The van der Waals surface area contributed by atoms with E-state index in [2.05, 4.69) is 62.0 Å². The number of nitrogens with two attached hydrogens (primary N) is 1. The molecule has 0 radical (unpaired) electrons. The number of hydrogen-bond donors (Lipinski definition) is 2. The van der Waals surface area contributed by atoms with Crippen molar-refractivity contribution in [3.63, 3.8) is 0 Å². The molecule has 4 fully saturated rings. The van der Waals surface area contributed by atoms with Crippen LogP contribution in [0.15, 0.2) is 12.2 Å². The summed E-state index contributed by atoms with van der Waals surface area (Å²) in [6.45, 7) is 41.6. The third-order valence-corrected chi connectivity index (χ3v) is 18.3. The maximum Gasteiger partial charge on any atom is 0.347 e. The van der Waals surface area contributed by atoms with E-state index in [1.807, 2.05) is 62.3 Å². The Hall–Kier alpha value is -2.46. The van der Waals surface area contributed by atoms with Crippen molar-refractivity contribution in [2.24, 2.45) is 74.2 Å². The highest BCUT2D eigenvalue weighted by atomic mass is 16.6. The summed E-state index contributed by atoms with van der Waals surface area (Å²) in [5.41, 5.74) is 1.53. The van der Waals surface area contributed by atoms with Gasteiger partial charge >= 0.3 is 23.9 Å². The first-order valence-corrected chi connectivity index (χ1v) is 25.4. The average molecular weight is 914 g/mol. The van der Waals surface area contributed by atoms with Gasteiger partial charge in [-0.1, -0.05) is 122 Å². The molecule has 4 aliphatic rings. The number of carbonyl (C=O) groups excluding carboxylic acids is 4. The van der Waals surface area contributed by atoms with Crippen LogP contribution in [0.25, 0.3) is 0 Å². The molecule has 2 bridgehead atoms. The first kappa shape index (κ1) is 55.1. The minimum atomic E-state index is -1.15. The van der Waals surface area contributed by atoms with Gasteiger partial charge in [0.25, 0.3) is 0 Å². The lowest BCUT2D eigenvalue weighted by atomic mass is 9.52.